The van der Waals surface area contributed by atoms with Gasteiger partial charge in [-0.2, -0.15) is 0 Å². The number of hydrogen-bond donors (Lipinski definition) is 1. The normalized spacial score (nSPS) is 15.0. The molecule has 1 heterocycles. The van der Waals surface area contributed by atoms with Gasteiger partial charge in [0.15, 0.2) is 5.78 Å². The number of ether oxygens (including phenoxy) is 1. The predicted octanol–water partition coefficient (Wildman–Crippen LogP) is 3.77. The van der Waals surface area contributed by atoms with Gasteiger partial charge in [0, 0.05) is 24.3 Å². The predicted molar refractivity (Wildman–Crippen MR) is 91.2 cm³/mol. The number of hydrogen-bond acceptors (Lipinski definition) is 4. The molecule has 0 aliphatic carbocycles. The first kappa shape index (κ1) is 18.9. The minimum atomic E-state index is -0.957. The van der Waals surface area contributed by atoms with E-state index in [2.05, 4.69) is 0 Å². The van der Waals surface area contributed by atoms with Crippen LogP contribution in [0.4, 0.5) is 19.3 Å². The second-order valence-electron chi connectivity index (χ2n) is 6.97. The maximum absolute atomic E-state index is 14.6. The number of carbonyl (C=O) groups is 2. The summed E-state index contributed by atoms with van der Waals surface area (Å²) in [6.07, 6.45) is 1.33. The van der Waals surface area contributed by atoms with Gasteiger partial charge in [0.25, 0.3) is 0 Å². The smallest absolute Gasteiger partial charge is 0.410 e. The van der Waals surface area contributed by atoms with Crippen LogP contribution in [0.1, 0.15) is 50.0 Å². The lowest BCUT2D eigenvalue weighted by Crippen LogP contribution is -2.39. The highest BCUT2D eigenvalue weighted by atomic mass is 19.1. The standard InChI is InChI=1S/C18H22F2N2O3/c1-10(23)14-13(21)9-12(19)15(16(14)20)11-5-7-22(8-6-11)17(24)25-18(2,3)4/h5,9H,6-8,21H2,1-4H3. The minimum Gasteiger partial charge on any atom is -0.444 e. The van der Waals surface area contributed by atoms with Gasteiger partial charge < -0.3 is 15.4 Å². The molecule has 0 saturated heterocycles. The summed E-state index contributed by atoms with van der Waals surface area (Å²) in [7, 11) is 0. The Kier molecular flexibility index (Phi) is 5.15. The van der Waals surface area contributed by atoms with Crippen LogP contribution in [-0.4, -0.2) is 35.5 Å². The average molecular weight is 352 g/mol. The molecule has 0 spiro atoms. The number of nitrogens with two attached hydrogens (primary N) is 1. The van der Waals surface area contributed by atoms with Crippen LogP contribution >= 0.6 is 0 Å². The van der Waals surface area contributed by atoms with Gasteiger partial charge in [0.2, 0.25) is 0 Å². The summed E-state index contributed by atoms with van der Waals surface area (Å²) in [6.45, 7) is 6.90. The lowest BCUT2D eigenvalue weighted by atomic mass is 9.94. The van der Waals surface area contributed by atoms with Gasteiger partial charge in [-0.25, -0.2) is 13.6 Å². The molecular weight excluding hydrogens is 330 g/mol. The number of amides is 1. The number of halogens is 2. The van der Waals surface area contributed by atoms with E-state index in [1.54, 1.807) is 26.8 Å². The van der Waals surface area contributed by atoms with E-state index in [1.807, 2.05) is 0 Å². The topological polar surface area (TPSA) is 72.6 Å². The number of carbonyl (C=O) groups excluding carboxylic acids is 2. The van der Waals surface area contributed by atoms with Crippen molar-refractivity contribution in [2.75, 3.05) is 18.8 Å². The Hall–Kier alpha value is -2.44. The molecule has 0 atom stereocenters. The molecule has 0 saturated carbocycles. The number of rotatable bonds is 2. The molecule has 2 rings (SSSR count). The van der Waals surface area contributed by atoms with E-state index in [1.165, 1.54) is 11.8 Å². The maximum atomic E-state index is 14.6. The van der Waals surface area contributed by atoms with Crippen LogP contribution in [0.3, 0.4) is 0 Å². The first-order valence-electron chi connectivity index (χ1n) is 7.97. The third-order valence-electron chi connectivity index (χ3n) is 3.78. The van der Waals surface area contributed by atoms with Crippen molar-refractivity contribution in [1.29, 1.82) is 0 Å². The van der Waals surface area contributed by atoms with Crippen molar-refractivity contribution in [3.8, 4) is 0 Å². The quantitative estimate of drug-likeness (QED) is 0.649. The zero-order valence-corrected chi connectivity index (χ0v) is 14.8. The highest BCUT2D eigenvalue weighted by Crippen LogP contribution is 2.32. The summed E-state index contributed by atoms with van der Waals surface area (Å²) >= 11 is 0. The van der Waals surface area contributed by atoms with Gasteiger partial charge in [-0.3, -0.25) is 4.79 Å². The molecule has 1 aliphatic heterocycles. The Morgan fingerprint density at radius 3 is 2.40 bits per heavy atom. The van der Waals surface area contributed by atoms with Gasteiger partial charge in [-0.05, 0) is 45.8 Å². The SMILES string of the molecule is CC(=O)c1c(N)cc(F)c(C2=CCN(C(=O)OC(C)(C)C)CC2)c1F. The molecule has 1 aromatic carbocycles. The third-order valence-corrected chi connectivity index (χ3v) is 3.78. The number of anilines is 1. The first-order valence-corrected chi connectivity index (χ1v) is 7.97. The highest BCUT2D eigenvalue weighted by Gasteiger charge is 2.27. The van der Waals surface area contributed by atoms with Crippen molar-refractivity contribution in [2.45, 2.75) is 39.7 Å². The Balaban J connectivity index is 2.29. The van der Waals surface area contributed by atoms with E-state index < -0.39 is 29.1 Å². The number of ketones is 1. The third kappa shape index (κ3) is 4.15. The van der Waals surface area contributed by atoms with Crippen LogP contribution in [0.15, 0.2) is 12.1 Å². The second kappa shape index (κ2) is 6.82. The maximum Gasteiger partial charge on any atom is 0.410 e. The van der Waals surface area contributed by atoms with Crippen molar-refractivity contribution in [1.82, 2.24) is 4.90 Å². The zero-order chi connectivity index (χ0) is 18.9. The van der Waals surface area contributed by atoms with E-state index in [9.17, 15) is 18.4 Å². The van der Waals surface area contributed by atoms with Crippen LogP contribution in [0.5, 0.6) is 0 Å². The van der Waals surface area contributed by atoms with Gasteiger partial charge in [0.1, 0.15) is 17.2 Å². The fourth-order valence-electron chi connectivity index (χ4n) is 2.68. The molecule has 0 unspecified atom stereocenters. The van der Waals surface area contributed by atoms with Crippen molar-refractivity contribution in [3.05, 3.63) is 34.9 Å². The average Bonchev–Trinajstić information content (AvgIpc) is 2.45. The Morgan fingerprint density at radius 2 is 1.92 bits per heavy atom. The molecule has 5 nitrogen and oxygen atoms in total. The van der Waals surface area contributed by atoms with E-state index >= 15 is 0 Å². The molecule has 136 valence electrons. The molecule has 1 amide bonds. The summed E-state index contributed by atoms with van der Waals surface area (Å²) in [6, 6.07) is 0.955. The molecule has 0 bridgehead atoms. The van der Waals surface area contributed by atoms with E-state index in [4.69, 9.17) is 10.5 Å². The van der Waals surface area contributed by atoms with Crippen LogP contribution < -0.4 is 5.73 Å². The molecule has 7 heteroatoms. The van der Waals surface area contributed by atoms with E-state index in [0.717, 1.165) is 6.07 Å². The molecule has 1 aromatic rings. The first-order chi connectivity index (χ1) is 11.5. The lowest BCUT2D eigenvalue weighted by molar-refractivity contribution is 0.0270. The second-order valence-corrected chi connectivity index (χ2v) is 6.97. The molecule has 0 radical (unpaired) electrons. The summed E-state index contributed by atoms with van der Waals surface area (Å²) < 4.78 is 34.1. The number of Topliss-reactive ketones (excluding diaryl/α,β-unsaturated/α-hetero) is 1. The van der Waals surface area contributed by atoms with Crippen LogP contribution in [0.25, 0.3) is 5.57 Å². The molecule has 25 heavy (non-hydrogen) atoms. The Morgan fingerprint density at radius 1 is 1.28 bits per heavy atom. The van der Waals surface area contributed by atoms with Crippen molar-refractivity contribution in [2.24, 2.45) is 0 Å². The number of nitrogen functional groups attached to an aromatic ring is 1. The number of nitrogens with zero attached hydrogens (tertiary/aromatic N) is 1. The summed E-state index contributed by atoms with van der Waals surface area (Å²) in [5.41, 5.74) is 4.54. The fourth-order valence-corrected chi connectivity index (χ4v) is 2.68. The van der Waals surface area contributed by atoms with Crippen molar-refractivity contribution in [3.63, 3.8) is 0 Å². The summed E-state index contributed by atoms with van der Waals surface area (Å²) in [5, 5.41) is 0. The molecule has 0 fully saturated rings. The fraction of sp³-hybridized carbons (Fsp3) is 0.444. The van der Waals surface area contributed by atoms with Gasteiger partial charge in [0.05, 0.1) is 5.56 Å². The molecule has 2 N–H and O–H groups in total. The van der Waals surface area contributed by atoms with Crippen LogP contribution in [-0.2, 0) is 4.74 Å². The molecule has 0 aromatic heterocycles. The minimum absolute atomic E-state index is 0.170. The van der Waals surface area contributed by atoms with Gasteiger partial charge in [-0.15, -0.1) is 0 Å². The zero-order valence-electron chi connectivity index (χ0n) is 14.8. The summed E-state index contributed by atoms with van der Waals surface area (Å²) in [4.78, 5) is 25.1. The van der Waals surface area contributed by atoms with E-state index in [0.29, 0.717) is 5.57 Å². The van der Waals surface area contributed by atoms with Crippen LogP contribution in [0, 0.1) is 11.6 Å². The highest BCUT2D eigenvalue weighted by molar-refractivity contribution is 6.00. The molecule has 1 aliphatic rings. The lowest BCUT2D eigenvalue weighted by Gasteiger charge is -2.30. The molecular formula is C18H22F2N2O3. The monoisotopic (exact) mass is 352 g/mol. The van der Waals surface area contributed by atoms with E-state index in [-0.39, 0.29) is 36.3 Å². The van der Waals surface area contributed by atoms with Crippen molar-refractivity contribution >= 4 is 23.1 Å². The number of benzene rings is 1. The largest absolute Gasteiger partial charge is 0.444 e. The van der Waals surface area contributed by atoms with Crippen LogP contribution in [0.2, 0.25) is 0 Å². The summed E-state index contributed by atoms with van der Waals surface area (Å²) in [5.74, 6) is -2.35. The van der Waals surface area contributed by atoms with Crippen molar-refractivity contribution < 1.29 is 23.1 Å². The Labute approximate surface area is 145 Å². The van der Waals surface area contributed by atoms with Gasteiger partial charge >= 0.3 is 6.09 Å². The van der Waals surface area contributed by atoms with Gasteiger partial charge in [-0.1, -0.05) is 6.08 Å². The Bertz CT molecular complexity index is 752.